The van der Waals surface area contributed by atoms with E-state index in [1.807, 2.05) is 12.1 Å². The minimum Gasteiger partial charge on any atom is -0.327 e. The maximum atomic E-state index is 13.1. The summed E-state index contributed by atoms with van der Waals surface area (Å²) in [5.41, 5.74) is 1.72. The molecule has 1 aromatic carbocycles. The van der Waals surface area contributed by atoms with Crippen molar-refractivity contribution in [1.82, 2.24) is 18.8 Å². The fourth-order valence-electron chi connectivity index (χ4n) is 4.24. The summed E-state index contributed by atoms with van der Waals surface area (Å²) in [4.78, 5) is 8.81. The highest BCUT2D eigenvalue weighted by atomic mass is 32.2. The number of rotatable bonds is 9. The van der Waals surface area contributed by atoms with Crippen LogP contribution in [-0.2, 0) is 29.7 Å². The summed E-state index contributed by atoms with van der Waals surface area (Å²) in [5, 5.41) is 2.09. The van der Waals surface area contributed by atoms with E-state index in [9.17, 15) is 8.42 Å². The number of hydrogen-bond acceptors (Lipinski definition) is 5. The van der Waals surface area contributed by atoms with Crippen LogP contribution >= 0.6 is 11.3 Å². The van der Waals surface area contributed by atoms with Gasteiger partial charge in [0.15, 0.2) is 0 Å². The highest BCUT2D eigenvalue weighted by Gasteiger charge is 2.26. The van der Waals surface area contributed by atoms with Gasteiger partial charge in [-0.05, 0) is 49.4 Å². The van der Waals surface area contributed by atoms with Gasteiger partial charge in [-0.3, -0.25) is 4.90 Å². The van der Waals surface area contributed by atoms with E-state index in [2.05, 4.69) is 40.5 Å². The highest BCUT2D eigenvalue weighted by molar-refractivity contribution is 7.89. The molecule has 3 aromatic rings. The number of aromatic nitrogens is 2. The van der Waals surface area contributed by atoms with Crippen LogP contribution in [0.25, 0.3) is 11.0 Å². The van der Waals surface area contributed by atoms with Gasteiger partial charge in [-0.15, -0.1) is 17.9 Å². The van der Waals surface area contributed by atoms with E-state index in [4.69, 9.17) is 4.98 Å². The predicted molar refractivity (Wildman–Crippen MR) is 127 cm³/mol. The zero-order chi connectivity index (χ0) is 21.8. The lowest BCUT2D eigenvalue weighted by Crippen LogP contribution is -2.35. The van der Waals surface area contributed by atoms with Gasteiger partial charge in [0.2, 0.25) is 10.0 Å². The van der Waals surface area contributed by atoms with E-state index >= 15 is 0 Å². The molecule has 1 fully saturated rings. The molecule has 1 aliphatic rings. The minimum atomic E-state index is -3.47. The summed E-state index contributed by atoms with van der Waals surface area (Å²) in [7, 11) is -3.47. The molecule has 0 N–H and O–H groups in total. The van der Waals surface area contributed by atoms with Gasteiger partial charge in [0.25, 0.3) is 0 Å². The van der Waals surface area contributed by atoms with Crippen molar-refractivity contribution in [2.45, 2.75) is 50.7 Å². The molecular weight excluding hydrogens is 428 g/mol. The Morgan fingerprint density at radius 2 is 2.00 bits per heavy atom. The lowest BCUT2D eigenvalue weighted by atomic mass is 10.2. The van der Waals surface area contributed by atoms with Gasteiger partial charge in [-0.2, -0.15) is 4.31 Å². The van der Waals surface area contributed by atoms with E-state index < -0.39 is 10.0 Å². The van der Waals surface area contributed by atoms with E-state index in [0.717, 1.165) is 55.8 Å². The van der Waals surface area contributed by atoms with Crippen molar-refractivity contribution in [2.24, 2.45) is 0 Å². The van der Waals surface area contributed by atoms with Crippen molar-refractivity contribution < 1.29 is 8.42 Å². The third-order valence-electron chi connectivity index (χ3n) is 5.78. The average molecular weight is 459 g/mol. The minimum absolute atomic E-state index is 0.343. The topological polar surface area (TPSA) is 58.4 Å². The Bertz CT molecular complexity index is 1130. The Morgan fingerprint density at radius 3 is 2.68 bits per heavy atom. The van der Waals surface area contributed by atoms with Gasteiger partial charge in [-0.25, -0.2) is 13.4 Å². The van der Waals surface area contributed by atoms with Gasteiger partial charge < -0.3 is 4.57 Å². The molecule has 31 heavy (non-hydrogen) atoms. The van der Waals surface area contributed by atoms with Crippen molar-refractivity contribution in [2.75, 3.05) is 19.6 Å². The van der Waals surface area contributed by atoms with Crippen molar-refractivity contribution in [1.29, 1.82) is 0 Å². The zero-order valence-corrected chi connectivity index (χ0v) is 19.7. The van der Waals surface area contributed by atoms with E-state index in [1.165, 1.54) is 4.88 Å². The zero-order valence-electron chi connectivity index (χ0n) is 18.0. The standard InChI is InChI=1S/C23H30N4O2S2/c1-3-12-25(17-19-9-8-15-30-19)18-23-24-21-16-20(10-11-22(21)27(23)4-2)31(28,29)26-13-6-5-7-14-26/h3,8-11,15-16H,1,4-7,12-14,17-18H2,2H3. The second kappa shape index (κ2) is 9.65. The Kier molecular flexibility index (Phi) is 6.91. The summed E-state index contributed by atoms with van der Waals surface area (Å²) >= 11 is 1.75. The number of hydrogen-bond donors (Lipinski definition) is 0. The quantitative estimate of drug-likeness (QED) is 0.444. The molecule has 1 aliphatic heterocycles. The van der Waals surface area contributed by atoms with Crippen LogP contribution in [0.15, 0.2) is 53.3 Å². The van der Waals surface area contributed by atoms with Gasteiger partial charge in [-0.1, -0.05) is 18.6 Å². The second-order valence-electron chi connectivity index (χ2n) is 7.93. The number of nitrogens with zero attached hydrogens (tertiary/aromatic N) is 4. The van der Waals surface area contributed by atoms with E-state index in [-0.39, 0.29) is 0 Å². The lowest BCUT2D eigenvalue weighted by Gasteiger charge is -2.25. The first-order valence-corrected chi connectivity index (χ1v) is 13.2. The van der Waals surface area contributed by atoms with Crippen LogP contribution in [0.4, 0.5) is 0 Å². The van der Waals surface area contributed by atoms with Gasteiger partial charge in [0.1, 0.15) is 5.82 Å². The van der Waals surface area contributed by atoms with Crippen LogP contribution in [0, 0.1) is 0 Å². The molecule has 6 nitrogen and oxygen atoms in total. The molecule has 0 bridgehead atoms. The van der Waals surface area contributed by atoms with Crippen LogP contribution in [0.3, 0.4) is 0 Å². The molecule has 0 aliphatic carbocycles. The molecule has 2 aromatic heterocycles. The van der Waals surface area contributed by atoms with Gasteiger partial charge in [0.05, 0.1) is 22.5 Å². The molecule has 0 saturated carbocycles. The summed E-state index contributed by atoms with van der Waals surface area (Å²) < 4.78 is 30.0. The number of benzene rings is 1. The van der Waals surface area contributed by atoms with Crippen LogP contribution < -0.4 is 0 Å². The number of aryl methyl sites for hydroxylation is 1. The predicted octanol–water partition coefficient (Wildman–Crippen LogP) is 4.48. The van der Waals surface area contributed by atoms with Crippen LogP contribution in [0.1, 0.15) is 36.9 Å². The first-order chi connectivity index (χ1) is 15.0. The molecule has 166 valence electrons. The summed E-state index contributed by atoms with van der Waals surface area (Å²) in [5.74, 6) is 0.948. The first kappa shape index (κ1) is 22.2. The van der Waals surface area contributed by atoms with Gasteiger partial charge >= 0.3 is 0 Å². The smallest absolute Gasteiger partial charge is 0.243 e. The summed E-state index contributed by atoms with van der Waals surface area (Å²) in [6.07, 6.45) is 4.87. The molecular formula is C23H30N4O2S2. The largest absolute Gasteiger partial charge is 0.327 e. The SMILES string of the molecule is C=CCN(Cc1cccs1)Cc1nc2cc(S(=O)(=O)N3CCCCC3)ccc2n1CC. The molecule has 0 spiro atoms. The number of sulfonamides is 1. The number of fused-ring (bicyclic) bond motifs is 1. The first-order valence-electron chi connectivity index (χ1n) is 10.9. The number of imidazole rings is 1. The monoisotopic (exact) mass is 458 g/mol. The third kappa shape index (κ3) is 4.77. The fourth-order valence-corrected chi connectivity index (χ4v) is 6.52. The molecule has 8 heteroatoms. The molecule has 0 amide bonds. The lowest BCUT2D eigenvalue weighted by molar-refractivity contribution is 0.277. The maximum Gasteiger partial charge on any atom is 0.243 e. The van der Waals surface area contributed by atoms with Crippen molar-refractivity contribution >= 4 is 32.4 Å². The Morgan fingerprint density at radius 1 is 1.19 bits per heavy atom. The molecule has 4 rings (SSSR count). The van der Waals surface area contributed by atoms with Crippen molar-refractivity contribution in [3.05, 3.63) is 59.1 Å². The Labute approximate surface area is 188 Å². The fraction of sp³-hybridized carbons (Fsp3) is 0.435. The van der Waals surface area contributed by atoms with Gasteiger partial charge in [0, 0.05) is 37.6 Å². The normalized spacial score (nSPS) is 15.7. The third-order valence-corrected chi connectivity index (χ3v) is 8.54. The van der Waals surface area contributed by atoms with Crippen molar-refractivity contribution in [3.8, 4) is 0 Å². The molecule has 0 unspecified atom stereocenters. The summed E-state index contributed by atoms with van der Waals surface area (Å²) in [6, 6.07) is 9.59. The van der Waals surface area contributed by atoms with Crippen LogP contribution in [0.5, 0.6) is 0 Å². The second-order valence-corrected chi connectivity index (χ2v) is 10.9. The van der Waals surface area contributed by atoms with Crippen LogP contribution in [0.2, 0.25) is 0 Å². The van der Waals surface area contributed by atoms with E-state index in [1.54, 1.807) is 27.8 Å². The number of piperidine rings is 1. The average Bonchev–Trinajstić information content (AvgIpc) is 3.41. The summed E-state index contributed by atoms with van der Waals surface area (Å²) in [6.45, 7) is 10.3. The highest BCUT2D eigenvalue weighted by Crippen LogP contribution is 2.26. The molecule has 0 radical (unpaired) electrons. The van der Waals surface area contributed by atoms with E-state index in [0.29, 0.717) is 24.5 Å². The molecule has 0 atom stereocenters. The van der Waals surface area contributed by atoms with Crippen LogP contribution in [-0.4, -0.2) is 46.8 Å². The molecule has 3 heterocycles. The molecule has 1 saturated heterocycles. The Balaban J connectivity index is 1.64. The maximum absolute atomic E-state index is 13.1. The van der Waals surface area contributed by atoms with Crippen molar-refractivity contribution in [3.63, 3.8) is 0 Å². The Hall–Kier alpha value is -2.00. The number of thiophene rings is 1.